The van der Waals surface area contributed by atoms with Gasteiger partial charge in [0, 0.05) is 30.7 Å². The Labute approximate surface area is 141 Å². The van der Waals surface area contributed by atoms with E-state index >= 15 is 0 Å². The van der Waals surface area contributed by atoms with Gasteiger partial charge in [-0.15, -0.1) is 0 Å². The maximum atomic E-state index is 13.4. The summed E-state index contributed by atoms with van der Waals surface area (Å²) in [6.45, 7) is 0. The highest BCUT2D eigenvalue weighted by molar-refractivity contribution is 6.48. The van der Waals surface area contributed by atoms with Gasteiger partial charge in [-0.3, -0.25) is 0 Å². The molecule has 0 N–H and O–H groups in total. The van der Waals surface area contributed by atoms with Gasteiger partial charge >= 0.3 is 6.18 Å². The second-order valence-corrected chi connectivity index (χ2v) is 6.33. The summed E-state index contributed by atoms with van der Waals surface area (Å²) in [5, 5.41) is 0.494. The van der Waals surface area contributed by atoms with Gasteiger partial charge in [0.1, 0.15) is 0 Å². The van der Waals surface area contributed by atoms with Crippen molar-refractivity contribution in [2.45, 2.75) is 18.5 Å². The first-order chi connectivity index (χ1) is 10.1. The highest BCUT2D eigenvalue weighted by Crippen LogP contribution is 2.48. The lowest BCUT2D eigenvalue weighted by molar-refractivity contribution is -0.138. The van der Waals surface area contributed by atoms with Gasteiger partial charge in [0.2, 0.25) is 0 Å². The van der Waals surface area contributed by atoms with Crippen molar-refractivity contribution in [2.24, 2.45) is 0 Å². The molecule has 1 aliphatic rings. The molecule has 22 heavy (non-hydrogen) atoms. The molecule has 0 aromatic heterocycles. The maximum absolute atomic E-state index is 13.4. The van der Waals surface area contributed by atoms with Gasteiger partial charge in [0.05, 0.1) is 15.6 Å². The predicted octanol–water partition coefficient (Wildman–Crippen LogP) is 6.07. The molecule has 0 saturated heterocycles. The van der Waals surface area contributed by atoms with Crippen LogP contribution in [0.3, 0.4) is 0 Å². The first-order valence-electron chi connectivity index (χ1n) is 6.43. The van der Waals surface area contributed by atoms with E-state index in [-0.39, 0.29) is 27.1 Å². The first kappa shape index (κ1) is 17.5. The summed E-state index contributed by atoms with van der Waals surface area (Å²) in [5.74, 6) is -0.674. The van der Waals surface area contributed by atoms with E-state index in [0.29, 0.717) is 5.69 Å². The Morgan fingerprint density at radius 2 is 1.77 bits per heavy atom. The Hall–Kier alpha value is -0.840. The predicted molar refractivity (Wildman–Crippen MR) is 85.8 cm³/mol. The Balaban J connectivity index is 2.69. The van der Waals surface area contributed by atoms with E-state index in [1.165, 1.54) is 6.07 Å². The van der Waals surface area contributed by atoms with E-state index in [1.54, 1.807) is 31.1 Å². The minimum atomic E-state index is -4.48. The molecule has 0 fully saturated rings. The number of anilines is 1. The van der Waals surface area contributed by atoms with Crippen LogP contribution in [-0.4, -0.2) is 14.1 Å². The van der Waals surface area contributed by atoms with Crippen molar-refractivity contribution < 1.29 is 13.2 Å². The highest BCUT2D eigenvalue weighted by atomic mass is 35.5. The quantitative estimate of drug-likeness (QED) is 0.610. The Morgan fingerprint density at radius 3 is 2.32 bits per heavy atom. The van der Waals surface area contributed by atoms with Gasteiger partial charge < -0.3 is 4.90 Å². The third-order valence-electron chi connectivity index (χ3n) is 3.48. The number of alkyl halides is 3. The van der Waals surface area contributed by atoms with Crippen LogP contribution in [0.5, 0.6) is 0 Å². The van der Waals surface area contributed by atoms with Gasteiger partial charge in [0.25, 0.3) is 0 Å². The molecular formula is C15H13Cl3F3N. The highest BCUT2D eigenvalue weighted by Gasteiger charge is 2.38. The molecule has 1 aromatic rings. The number of rotatable bonds is 2. The van der Waals surface area contributed by atoms with Gasteiger partial charge in [-0.2, -0.15) is 13.2 Å². The molecule has 0 amide bonds. The second-order valence-electron chi connectivity index (χ2n) is 5.13. The summed E-state index contributed by atoms with van der Waals surface area (Å²) in [6, 6.07) is 4.06. The average Bonchev–Trinajstić information content (AvgIpc) is 2.43. The van der Waals surface area contributed by atoms with E-state index in [1.807, 2.05) is 0 Å². The molecule has 1 aromatic carbocycles. The molecule has 0 saturated carbocycles. The Bertz CT molecular complexity index is 648. The smallest absolute Gasteiger partial charge is 0.377 e. The molecule has 1 aliphatic carbocycles. The lowest BCUT2D eigenvalue weighted by Gasteiger charge is -2.29. The number of nitrogens with zero attached hydrogens (tertiary/aromatic N) is 1. The maximum Gasteiger partial charge on any atom is 0.416 e. The van der Waals surface area contributed by atoms with Gasteiger partial charge in [-0.05, 0) is 24.1 Å². The second kappa shape index (κ2) is 6.34. The van der Waals surface area contributed by atoms with Crippen LogP contribution in [0.4, 0.5) is 18.9 Å². The van der Waals surface area contributed by atoms with Crippen LogP contribution >= 0.6 is 34.8 Å². The SMILES string of the molecule is CN(C)c1cccc(C(F)(F)F)c1C1CC=C(Cl)C(Cl)=C1Cl. The molecule has 1 unspecified atom stereocenters. The third-order valence-corrected chi connectivity index (χ3v) is 4.87. The van der Waals surface area contributed by atoms with E-state index in [0.717, 1.165) is 6.07 Å². The number of hydrogen-bond acceptors (Lipinski definition) is 1. The lowest BCUT2D eigenvalue weighted by atomic mass is 9.86. The van der Waals surface area contributed by atoms with Crippen LogP contribution in [0, 0.1) is 0 Å². The van der Waals surface area contributed by atoms with Crippen LogP contribution in [0.25, 0.3) is 0 Å². The number of halogens is 6. The Morgan fingerprint density at radius 1 is 1.14 bits per heavy atom. The molecule has 0 spiro atoms. The standard InChI is InChI=1S/C15H13Cl3F3N/c1-22(2)11-5-3-4-9(15(19,20)21)12(11)8-6-7-10(16)14(18)13(8)17/h3-5,7-8H,6H2,1-2H3. The van der Waals surface area contributed by atoms with Crippen molar-refractivity contribution in [1.29, 1.82) is 0 Å². The van der Waals surface area contributed by atoms with Crippen LogP contribution in [-0.2, 0) is 6.18 Å². The van der Waals surface area contributed by atoms with Gasteiger partial charge in [0.15, 0.2) is 0 Å². The zero-order chi connectivity index (χ0) is 16.7. The summed E-state index contributed by atoms with van der Waals surface area (Å²) in [5.41, 5.74) is -0.143. The van der Waals surface area contributed by atoms with Crippen molar-refractivity contribution in [2.75, 3.05) is 19.0 Å². The largest absolute Gasteiger partial charge is 0.416 e. The zero-order valence-corrected chi connectivity index (χ0v) is 14.1. The van der Waals surface area contributed by atoms with Crippen LogP contribution < -0.4 is 4.90 Å². The number of benzene rings is 1. The molecular weight excluding hydrogens is 358 g/mol. The van der Waals surface area contributed by atoms with Crippen LogP contribution in [0.1, 0.15) is 23.5 Å². The van der Waals surface area contributed by atoms with Gasteiger partial charge in [-0.1, -0.05) is 46.9 Å². The van der Waals surface area contributed by atoms with E-state index in [2.05, 4.69) is 0 Å². The van der Waals surface area contributed by atoms with Gasteiger partial charge in [-0.25, -0.2) is 0 Å². The lowest BCUT2D eigenvalue weighted by Crippen LogP contribution is -2.20. The summed E-state index contributed by atoms with van der Waals surface area (Å²) in [7, 11) is 3.37. The molecule has 0 aliphatic heterocycles. The minimum Gasteiger partial charge on any atom is -0.377 e. The molecule has 0 radical (unpaired) electrons. The minimum absolute atomic E-state index is 0.0984. The average molecular weight is 371 g/mol. The molecule has 120 valence electrons. The van der Waals surface area contributed by atoms with Crippen LogP contribution in [0.15, 0.2) is 39.4 Å². The van der Waals surface area contributed by atoms with Crippen molar-refractivity contribution in [3.8, 4) is 0 Å². The third kappa shape index (κ3) is 3.24. The zero-order valence-electron chi connectivity index (χ0n) is 11.8. The topological polar surface area (TPSA) is 3.24 Å². The normalized spacial score (nSPS) is 19.3. The fraction of sp³-hybridized carbons (Fsp3) is 0.333. The first-order valence-corrected chi connectivity index (χ1v) is 7.56. The van der Waals surface area contributed by atoms with E-state index in [4.69, 9.17) is 34.8 Å². The summed E-state index contributed by atoms with van der Waals surface area (Å²) < 4.78 is 40.2. The fourth-order valence-corrected chi connectivity index (χ4v) is 3.23. The summed E-state index contributed by atoms with van der Waals surface area (Å²) in [4.78, 5) is 1.63. The fourth-order valence-electron chi connectivity index (χ4n) is 2.48. The van der Waals surface area contributed by atoms with Crippen molar-refractivity contribution in [3.05, 3.63) is 50.5 Å². The van der Waals surface area contributed by atoms with Crippen molar-refractivity contribution in [1.82, 2.24) is 0 Å². The van der Waals surface area contributed by atoms with Crippen LogP contribution in [0.2, 0.25) is 0 Å². The summed E-state index contributed by atoms with van der Waals surface area (Å²) >= 11 is 18.1. The summed E-state index contributed by atoms with van der Waals surface area (Å²) in [6.07, 6.45) is -2.62. The monoisotopic (exact) mass is 369 g/mol. The van der Waals surface area contributed by atoms with E-state index < -0.39 is 17.7 Å². The van der Waals surface area contributed by atoms with E-state index in [9.17, 15) is 13.2 Å². The Kier molecular flexibility index (Phi) is 5.05. The number of allylic oxidation sites excluding steroid dienone is 4. The molecule has 2 rings (SSSR count). The number of hydrogen-bond donors (Lipinski definition) is 0. The molecule has 1 nitrogen and oxygen atoms in total. The molecule has 7 heteroatoms. The molecule has 0 bridgehead atoms. The molecule has 1 atom stereocenters. The van der Waals surface area contributed by atoms with Crippen molar-refractivity contribution >= 4 is 40.5 Å². The van der Waals surface area contributed by atoms with Crippen molar-refractivity contribution in [3.63, 3.8) is 0 Å². The molecule has 0 heterocycles.